The highest BCUT2D eigenvalue weighted by Gasteiger charge is 2.36. The lowest BCUT2D eigenvalue weighted by Gasteiger charge is -2.35. The van der Waals surface area contributed by atoms with Crippen molar-refractivity contribution in [1.29, 1.82) is 0 Å². The average Bonchev–Trinajstić information content (AvgIpc) is 2.68. The molecule has 1 aromatic carbocycles. The van der Waals surface area contributed by atoms with Gasteiger partial charge in [0.1, 0.15) is 0 Å². The number of carboxylic acids is 1. The first-order valence-electron chi connectivity index (χ1n) is 10.2. The van der Waals surface area contributed by atoms with Crippen molar-refractivity contribution in [2.45, 2.75) is 75.9 Å². The molecule has 1 aliphatic rings. The summed E-state index contributed by atoms with van der Waals surface area (Å²) >= 11 is 0. The van der Waals surface area contributed by atoms with Gasteiger partial charge in [0.25, 0.3) is 0 Å². The molecule has 28 heavy (non-hydrogen) atoms. The minimum atomic E-state index is -0.973. The molecular weight excluding hydrogens is 358 g/mol. The zero-order valence-electron chi connectivity index (χ0n) is 16.6. The molecule has 0 spiro atoms. The largest absolute Gasteiger partial charge is 0.481 e. The molecule has 1 amide bonds. The van der Waals surface area contributed by atoms with Crippen LogP contribution in [0.25, 0.3) is 0 Å². The average molecular weight is 392 g/mol. The van der Waals surface area contributed by atoms with E-state index in [1.165, 1.54) is 0 Å². The quantitative estimate of drug-likeness (QED) is 0.572. The van der Waals surface area contributed by atoms with Gasteiger partial charge in [0.05, 0.1) is 11.7 Å². The molecule has 2 rings (SSSR count). The topological polar surface area (TPSA) is 107 Å². The van der Waals surface area contributed by atoms with Crippen LogP contribution in [0.15, 0.2) is 30.3 Å². The minimum absolute atomic E-state index is 0.0226. The van der Waals surface area contributed by atoms with E-state index in [0.29, 0.717) is 32.2 Å². The predicted octanol–water partition coefficient (Wildman–Crippen LogP) is 2.83. The minimum Gasteiger partial charge on any atom is -0.481 e. The third-order valence-corrected chi connectivity index (χ3v) is 5.80. The Balaban J connectivity index is 2.01. The molecule has 0 heterocycles. The maximum atomic E-state index is 12.0. The standard InChI is InChI=1S/C22H33NO5/c1-22(28)14-17(16-7-3-2-4-8-16)13-19(24)10-5-9-18(22)15-23-20(25)11-6-12-21(26)27/h2-4,7-8,17-19,24,28H,5-6,9-15H2,1H3,(H,23,25)(H,26,27)/t17-,18+,19-,22-/m1/s1. The number of aliphatic hydroxyl groups is 2. The fourth-order valence-corrected chi connectivity index (χ4v) is 4.13. The summed E-state index contributed by atoms with van der Waals surface area (Å²) in [5.41, 5.74) is 0.138. The zero-order valence-corrected chi connectivity index (χ0v) is 16.6. The van der Waals surface area contributed by atoms with E-state index >= 15 is 0 Å². The second-order valence-corrected chi connectivity index (χ2v) is 8.24. The molecule has 0 unspecified atom stereocenters. The van der Waals surface area contributed by atoms with Gasteiger partial charge in [-0.15, -0.1) is 0 Å². The summed E-state index contributed by atoms with van der Waals surface area (Å²) in [6.07, 6.45) is 3.40. The maximum absolute atomic E-state index is 12.0. The summed E-state index contributed by atoms with van der Waals surface area (Å²) in [5, 5.41) is 33.2. The van der Waals surface area contributed by atoms with Crippen LogP contribution in [0.2, 0.25) is 0 Å². The number of hydrogen-bond donors (Lipinski definition) is 4. The Labute approximate surface area is 167 Å². The SMILES string of the molecule is C[C@@]1(O)C[C@H](c2ccccc2)C[C@H](O)CCC[C@H]1CNC(=O)CCCC(=O)O. The van der Waals surface area contributed by atoms with Crippen molar-refractivity contribution in [2.24, 2.45) is 5.92 Å². The first-order chi connectivity index (χ1) is 13.3. The van der Waals surface area contributed by atoms with E-state index in [1.807, 2.05) is 37.3 Å². The molecule has 0 aromatic heterocycles. The summed E-state index contributed by atoms with van der Waals surface area (Å²) in [7, 11) is 0. The number of rotatable bonds is 7. The Kier molecular flexibility index (Phi) is 8.45. The van der Waals surface area contributed by atoms with E-state index in [2.05, 4.69) is 5.32 Å². The molecular formula is C22H33NO5. The van der Waals surface area contributed by atoms with Crippen molar-refractivity contribution >= 4 is 11.9 Å². The summed E-state index contributed by atoms with van der Waals surface area (Å²) in [6, 6.07) is 9.96. The molecule has 0 bridgehead atoms. The van der Waals surface area contributed by atoms with E-state index in [-0.39, 0.29) is 30.6 Å². The molecule has 0 aliphatic heterocycles. The second-order valence-electron chi connectivity index (χ2n) is 8.24. The number of nitrogens with one attached hydrogen (secondary N) is 1. The van der Waals surface area contributed by atoms with Gasteiger partial charge in [0.15, 0.2) is 0 Å². The van der Waals surface area contributed by atoms with E-state index in [0.717, 1.165) is 18.4 Å². The normalized spacial score (nSPS) is 28.6. The van der Waals surface area contributed by atoms with Crippen LogP contribution in [0.4, 0.5) is 0 Å². The smallest absolute Gasteiger partial charge is 0.303 e. The number of carboxylic acid groups (broad SMARTS) is 1. The first-order valence-corrected chi connectivity index (χ1v) is 10.2. The lowest BCUT2D eigenvalue weighted by atomic mass is 9.77. The van der Waals surface area contributed by atoms with E-state index in [9.17, 15) is 19.8 Å². The molecule has 4 atom stereocenters. The van der Waals surface area contributed by atoms with Crippen LogP contribution < -0.4 is 5.32 Å². The van der Waals surface area contributed by atoms with E-state index < -0.39 is 17.7 Å². The van der Waals surface area contributed by atoms with Gasteiger partial charge in [-0.3, -0.25) is 9.59 Å². The Morgan fingerprint density at radius 2 is 1.89 bits per heavy atom. The highest BCUT2D eigenvalue weighted by Crippen LogP contribution is 2.38. The maximum Gasteiger partial charge on any atom is 0.303 e. The second kappa shape index (κ2) is 10.6. The number of benzene rings is 1. The van der Waals surface area contributed by atoms with E-state index in [4.69, 9.17) is 5.11 Å². The monoisotopic (exact) mass is 391 g/mol. The number of aliphatic carboxylic acids is 1. The Hall–Kier alpha value is -1.92. The van der Waals surface area contributed by atoms with Crippen molar-refractivity contribution in [2.75, 3.05) is 6.54 Å². The third kappa shape index (κ3) is 7.24. The van der Waals surface area contributed by atoms with Gasteiger partial charge in [-0.05, 0) is 50.5 Å². The van der Waals surface area contributed by atoms with Crippen LogP contribution >= 0.6 is 0 Å². The van der Waals surface area contributed by atoms with Crippen LogP contribution in [0.3, 0.4) is 0 Å². The Morgan fingerprint density at radius 1 is 1.18 bits per heavy atom. The summed E-state index contributed by atoms with van der Waals surface area (Å²) in [6.45, 7) is 2.18. The van der Waals surface area contributed by atoms with Gasteiger partial charge in [0.2, 0.25) is 5.91 Å². The van der Waals surface area contributed by atoms with Crippen LogP contribution in [-0.2, 0) is 9.59 Å². The van der Waals surface area contributed by atoms with Crippen LogP contribution in [0, 0.1) is 5.92 Å². The van der Waals surface area contributed by atoms with Crippen molar-refractivity contribution < 1.29 is 24.9 Å². The zero-order chi connectivity index (χ0) is 20.6. The van der Waals surface area contributed by atoms with E-state index in [1.54, 1.807) is 0 Å². The van der Waals surface area contributed by atoms with Gasteiger partial charge in [-0.25, -0.2) is 0 Å². The molecule has 0 saturated heterocycles. The Bertz CT molecular complexity index is 631. The lowest BCUT2D eigenvalue weighted by Crippen LogP contribution is -2.43. The van der Waals surface area contributed by atoms with Crippen molar-refractivity contribution in [3.63, 3.8) is 0 Å². The Morgan fingerprint density at radius 3 is 2.57 bits per heavy atom. The fraction of sp³-hybridized carbons (Fsp3) is 0.636. The highest BCUT2D eigenvalue weighted by atomic mass is 16.4. The van der Waals surface area contributed by atoms with Crippen LogP contribution in [0.1, 0.15) is 69.8 Å². The molecule has 0 radical (unpaired) electrons. The van der Waals surface area contributed by atoms with Gasteiger partial charge in [-0.2, -0.15) is 0 Å². The molecule has 6 nitrogen and oxygen atoms in total. The number of carbonyl (C=O) groups excluding carboxylic acids is 1. The number of carbonyl (C=O) groups is 2. The summed E-state index contributed by atoms with van der Waals surface area (Å²) in [4.78, 5) is 22.6. The molecule has 6 heteroatoms. The number of amides is 1. The van der Waals surface area contributed by atoms with Crippen molar-refractivity contribution in [1.82, 2.24) is 5.32 Å². The van der Waals surface area contributed by atoms with Gasteiger partial charge >= 0.3 is 5.97 Å². The van der Waals surface area contributed by atoms with Crippen LogP contribution in [0.5, 0.6) is 0 Å². The predicted molar refractivity (Wildman–Crippen MR) is 107 cm³/mol. The van der Waals surface area contributed by atoms with Crippen molar-refractivity contribution in [3.05, 3.63) is 35.9 Å². The lowest BCUT2D eigenvalue weighted by molar-refractivity contribution is -0.137. The van der Waals surface area contributed by atoms with Crippen molar-refractivity contribution in [3.8, 4) is 0 Å². The molecule has 4 N–H and O–H groups in total. The van der Waals surface area contributed by atoms with Gasteiger partial charge in [-0.1, -0.05) is 36.8 Å². The summed E-state index contributed by atoms with van der Waals surface area (Å²) in [5.74, 6) is -1.15. The molecule has 1 aliphatic carbocycles. The first kappa shape index (κ1) is 22.4. The van der Waals surface area contributed by atoms with Crippen LogP contribution in [-0.4, -0.2) is 45.4 Å². The molecule has 1 aromatic rings. The number of aliphatic hydroxyl groups excluding tert-OH is 1. The number of hydrogen-bond acceptors (Lipinski definition) is 4. The van der Waals surface area contributed by atoms with Gasteiger partial charge < -0.3 is 20.6 Å². The fourth-order valence-electron chi connectivity index (χ4n) is 4.13. The third-order valence-electron chi connectivity index (χ3n) is 5.80. The van der Waals surface area contributed by atoms with Gasteiger partial charge in [0, 0.05) is 25.3 Å². The molecule has 1 saturated carbocycles. The molecule has 156 valence electrons. The highest BCUT2D eigenvalue weighted by molar-refractivity contribution is 5.76. The molecule has 1 fully saturated rings. The summed E-state index contributed by atoms with van der Waals surface area (Å²) < 4.78 is 0.